The van der Waals surface area contributed by atoms with Crippen LogP contribution in [0.4, 0.5) is 5.82 Å². The third-order valence-electron chi connectivity index (χ3n) is 2.94. The molecule has 0 atom stereocenters. The molecule has 1 N–H and O–H groups in total. The fraction of sp³-hybridized carbons (Fsp3) is 0.500. The highest BCUT2D eigenvalue weighted by molar-refractivity contribution is 7.17. The topological polar surface area (TPSA) is 64.1 Å². The molecular weight excluding hydrogens is 274 g/mol. The van der Waals surface area contributed by atoms with Crippen LogP contribution in [0, 0.1) is 0 Å². The van der Waals surface area contributed by atoms with Gasteiger partial charge in [-0.1, -0.05) is 19.8 Å². The number of thiophene rings is 1. The summed E-state index contributed by atoms with van der Waals surface area (Å²) in [5.74, 6) is 0.403. The maximum absolute atomic E-state index is 11.9. The van der Waals surface area contributed by atoms with E-state index in [0.717, 1.165) is 29.0 Å². The van der Waals surface area contributed by atoms with Crippen molar-refractivity contribution in [2.24, 2.45) is 0 Å². The number of ether oxygens (including phenoxy) is 1. The highest BCUT2D eigenvalue weighted by atomic mass is 32.1. The summed E-state index contributed by atoms with van der Waals surface area (Å²) in [5, 5.41) is 5.85. The van der Waals surface area contributed by atoms with Crippen molar-refractivity contribution in [1.29, 1.82) is 0 Å². The number of fused-ring (bicyclic) bond motifs is 1. The number of nitrogens with zero attached hydrogens (tertiary/aromatic N) is 2. The molecule has 5 nitrogen and oxygen atoms in total. The average Bonchev–Trinajstić information content (AvgIpc) is 2.88. The Morgan fingerprint density at radius 2 is 2.20 bits per heavy atom. The van der Waals surface area contributed by atoms with Gasteiger partial charge < -0.3 is 10.1 Å². The van der Waals surface area contributed by atoms with Crippen molar-refractivity contribution in [3.63, 3.8) is 0 Å². The minimum absolute atomic E-state index is 0.315. The number of rotatable bonds is 7. The van der Waals surface area contributed by atoms with Crippen LogP contribution in [-0.2, 0) is 4.74 Å². The lowest BCUT2D eigenvalue weighted by Gasteiger charge is -2.07. The van der Waals surface area contributed by atoms with E-state index < -0.39 is 0 Å². The summed E-state index contributed by atoms with van der Waals surface area (Å²) in [4.78, 5) is 21.2. The molecule has 2 rings (SSSR count). The van der Waals surface area contributed by atoms with Crippen molar-refractivity contribution in [2.45, 2.75) is 33.1 Å². The van der Waals surface area contributed by atoms with Gasteiger partial charge in [-0.2, -0.15) is 0 Å². The number of carbonyl (C=O) groups is 1. The van der Waals surface area contributed by atoms with Gasteiger partial charge in [0.2, 0.25) is 0 Å². The molecule has 0 unspecified atom stereocenters. The Morgan fingerprint density at radius 1 is 1.35 bits per heavy atom. The summed E-state index contributed by atoms with van der Waals surface area (Å²) < 4.78 is 5.08. The molecule has 2 aromatic rings. The maximum atomic E-state index is 11.9. The Hall–Kier alpha value is -1.69. The molecule has 0 fully saturated rings. The van der Waals surface area contributed by atoms with Gasteiger partial charge in [-0.3, -0.25) is 0 Å². The molecule has 0 bridgehead atoms. The predicted octanol–water partition coefficient (Wildman–Crippen LogP) is 3.47. The first-order valence-electron chi connectivity index (χ1n) is 6.91. The van der Waals surface area contributed by atoms with Gasteiger partial charge >= 0.3 is 5.97 Å². The van der Waals surface area contributed by atoms with Crippen molar-refractivity contribution < 1.29 is 9.53 Å². The normalized spacial score (nSPS) is 10.7. The first-order valence-corrected chi connectivity index (χ1v) is 7.79. The molecule has 20 heavy (non-hydrogen) atoms. The molecule has 0 saturated carbocycles. The van der Waals surface area contributed by atoms with Gasteiger partial charge in [0, 0.05) is 11.9 Å². The van der Waals surface area contributed by atoms with Gasteiger partial charge in [0.25, 0.3) is 0 Å². The van der Waals surface area contributed by atoms with Gasteiger partial charge in [-0.05, 0) is 13.3 Å². The lowest BCUT2D eigenvalue weighted by Crippen LogP contribution is -2.07. The van der Waals surface area contributed by atoms with E-state index in [-0.39, 0.29) is 5.97 Å². The summed E-state index contributed by atoms with van der Waals surface area (Å²) in [7, 11) is 0. The standard InChI is InChI=1S/C14H19N3O2S/c1-3-5-6-7-15-12-11-10(14(18)19-4-2)8-20-13(11)17-9-16-12/h8-9H,3-7H2,1-2H3,(H,15,16,17). The second-order valence-corrected chi connectivity index (χ2v) is 5.26. The average molecular weight is 293 g/mol. The zero-order chi connectivity index (χ0) is 14.4. The molecule has 108 valence electrons. The van der Waals surface area contributed by atoms with Crippen molar-refractivity contribution >= 4 is 33.3 Å². The SMILES string of the molecule is CCCCCNc1ncnc2scc(C(=O)OCC)c12. The monoisotopic (exact) mass is 293 g/mol. The first-order chi connectivity index (χ1) is 9.77. The minimum Gasteiger partial charge on any atom is -0.462 e. The van der Waals surface area contributed by atoms with Crippen LogP contribution in [0.3, 0.4) is 0 Å². The van der Waals surface area contributed by atoms with E-state index in [4.69, 9.17) is 4.74 Å². The van der Waals surface area contributed by atoms with Crippen LogP contribution >= 0.6 is 11.3 Å². The summed E-state index contributed by atoms with van der Waals surface area (Å²) in [6.07, 6.45) is 4.96. The molecule has 0 saturated heterocycles. The summed E-state index contributed by atoms with van der Waals surface area (Å²) in [6, 6.07) is 0. The Morgan fingerprint density at radius 3 is 2.95 bits per heavy atom. The molecule has 0 radical (unpaired) electrons. The lowest BCUT2D eigenvalue weighted by atomic mass is 10.2. The van der Waals surface area contributed by atoms with E-state index in [2.05, 4.69) is 22.2 Å². The lowest BCUT2D eigenvalue weighted by molar-refractivity contribution is 0.0529. The Labute approximate surface area is 122 Å². The summed E-state index contributed by atoms with van der Waals surface area (Å²) >= 11 is 1.43. The highest BCUT2D eigenvalue weighted by Gasteiger charge is 2.17. The number of anilines is 1. The van der Waals surface area contributed by atoms with Gasteiger partial charge in [0.15, 0.2) is 0 Å². The molecule has 2 heterocycles. The number of hydrogen-bond donors (Lipinski definition) is 1. The van der Waals surface area contributed by atoms with Crippen LogP contribution in [0.2, 0.25) is 0 Å². The van der Waals surface area contributed by atoms with Gasteiger partial charge in [-0.25, -0.2) is 14.8 Å². The van der Waals surface area contributed by atoms with Crippen LogP contribution < -0.4 is 5.32 Å². The molecular formula is C14H19N3O2S. The molecule has 0 amide bonds. The molecule has 0 aromatic carbocycles. The third-order valence-corrected chi connectivity index (χ3v) is 3.82. The zero-order valence-electron chi connectivity index (χ0n) is 11.8. The van der Waals surface area contributed by atoms with Gasteiger partial charge in [-0.15, -0.1) is 11.3 Å². The van der Waals surface area contributed by atoms with Crippen LogP contribution in [0.5, 0.6) is 0 Å². The van der Waals surface area contributed by atoms with Crippen LogP contribution in [0.25, 0.3) is 10.2 Å². The van der Waals surface area contributed by atoms with Gasteiger partial charge in [0.1, 0.15) is 17.0 Å². The Kier molecular flexibility index (Phi) is 5.29. The van der Waals surface area contributed by atoms with Crippen LogP contribution in [0.15, 0.2) is 11.7 Å². The Balaban J connectivity index is 2.24. The van der Waals surface area contributed by atoms with E-state index in [9.17, 15) is 4.79 Å². The number of esters is 1. The second-order valence-electron chi connectivity index (χ2n) is 4.41. The maximum Gasteiger partial charge on any atom is 0.339 e. The van der Waals surface area contributed by atoms with E-state index in [1.165, 1.54) is 30.5 Å². The van der Waals surface area contributed by atoms with Crippen LogP contribution in [-0.4, -0.2) is 29.1 Å². The summed E-state index contributed by atoms with van der Waals surface area (Å²) in [5.41, 5.74) is 0.547. The second kappa shape index (κ2) is 7.19. The first kappa shape index (κ1) is 14.7. The van der Waals surface area contributed by atoms with Crippen LogP contribution in [0.1, 0.15) is 43.5 Å². The fourth-order valence-electron chi connectivity index (χ4n) is 1.95. The Bertz CT molecular complexity index is 583. The molecule has 0 spiro atoms. The largest absolute Gasteiger partial charge is 0.462 e. The zero-order valence-corrected chi connectivity index (χ0v) is 12.6. The van der Waals surface area contributed by atoms with Crippen molar-refractivity contribution in [1.82, 2.24) is 9.97 Å². The summed E-state index contributed by atoms with van der Waals surface area (Å²) in [6.45, 7) is 5.18. The predicted molar refractivity (Wildman–Crippen MR) is 81.4 cm³/mol. The number of aromatic nitrogens is 2. The van der Waals surface area contributed by atoms with E-state index in [0.29, 0.717) is 12.2 Å². The highest BCUT2D eigenvalue weighted by Crippen LogP contribution is 2.29. The number of carbonyl (C=O) groups excluding carboxylic acids is 1. The quantitative estimate of drug-likeness (QED) is 0.625. The van der Waals surface area contributed by atoms with Crippen molar-refractivity contribution in [3.05, 3.63) is 17.3 Å². The van der Waals surface area contributed by atoms with E-state index in [1.54, 1.807) is 12.3 Å². The van der Waals surface area contributed by atoms with Crippen molar-refractivity contribution in [2.75, 3.05) is 18.5 Å². The van der Waals surface area contributed by atoms with E-state index >= 15 is 0 Å². The fourth-order valence-corrected chi connectivity index (χ4v) is 2.83. The third kappa shape index (κ3) is 3.25. The minimum atomic E-state index is -0.315. The van der Waals surface area contributed by atoms with Gasteiger partial charge in [0.05, 0.1) is 17.6 Å². The molecule has 0 aliphatic carbocycles. The number of hydrogen-bond acceptors (Lipinski definition) is 6. The molecule has 2 aromatic heterocycles. The molecule has 0 aliphatic heterocycles. The molecule has 0 aliphatic rings. The molecule has 6 heteroatoms. The van der Waals surface area contributed by atoms with Crippen molar-refractivity contribution in [3.8, 4) is 0 Å². The van der Waals surface area contributed by atoms with E-state index in [1.807, 2.05) is 0 Å². The smallest absolute Gasteiger partial charge is 0.339 e. The number of unbranched alkanes of at least 4 members (excludes halogenated alkanes) is 2. The number of nitrogens with one attached hydrogen (secondary N) is 1.